The predicted molar refractivity (Wildman–Crippen MR) is 152 cm³/mol. The van der Waals surface area contributed by atoms with Gasteiger partial charge in [-0.15, -0.1) is 0 Å². The Labute approximate surface area is 215 Å². The molecule has 1 aromatic heterocycles. The van der Waals surface area contributed by atoms with Crippen LogP contribution in [0.4, 0.5) is 0 Å². The normalized spacial score (nSPS) is 15.8. The van der Waals surface area contributed by atoms with Gasteiger partial charge < -0.3 is 5.32 Å². The summed E-state index contributed by atoms with van der Waals surface area (Å²) >= 11 is 0. The van der Waals surface area contributed by atoms with Crippen LogP contribution in [0, 0.1) is 13.8 Å². The van der Waals surface area contributed by atoms with Crippen molar-refractivity contribution >= 4 is 5.57 Å². The molecule has 0 saturated carbocycles. The van der Waals surface area contributed by atoms with Crippen molar-refractivity contribution in [1.82, 2.24) is 10.3 Å². The van der Waals surface area contributed by atoms with Gasteiger partial charge in [0.15, 0.2) is 0 Å². The highest BCUT2D eigenvalue weighted by molar-refractivity contribution is 5.76. The zero-order chi connectivity index (χ0) is 24.9. The number of hydrogen-bond acceptors (Lipinski definition) is 2. The molecule has 3 aromatic carbocycles. The molecule has 2 heterocycles. The lowest BCUT2D eigenvalue weighted by atomic mass is 9.87. The van der Waals surface area contributed by atoms with Gasteiger partial charge in [0.05, 0.1) is 11.7 Å². The van der Waals surface area contributed by atoms with Crippen molar-refractivity contribution in [3.63, 3.8) is 0 Å². The van der Waals surface area contributed by atoms with E-state index in [1.807, 2.05) is 12.3 Å². The topological polar surface area (TPSA) is 24.9 Å². The van der Waals surface area contributed by atoms with Crippen LogP contribution < -0.4 is 5.32 Å². The predicted octanol–water partition coefficient (Wildman–Crippen LogP) is 8.34. The average Bonchev–Trinajstić information content (AvgIpc) is 2.92. The van der Waals surface area contributed by atoms with E-state index in [2.05, 4.69) is 128 Å². The number of benzene rings is 3. The smallest absolute Gasteiger partial charge is 0.0704 e. The van der Waals surface area contributed by atoms with E-state index < -0.39 is 0 Å². The summed E-state index contributed by atoms with van der Waals surface area (Å²) < 4.78 is 0. The lowest BCUT2D eigenvalue weighted by Crippen LogP contribution is -2.18. The van der Waals surface area contributed by atoms with Crippen molar-refractivity contribution in [2.45, 2.75) is 45.6 Å². The van der Waals surface area contributed by atoms with E-state index >= 15 is 0 Å². The molecule has 1 N–H and O–H groups in total. The second kappa shape index (κ2) is 10.8. The summed E-state index contributed by atoms with van der Waals surface area (Å²) in [6.45, 7) is 6.67. The maximum Gasteiger partial charge on any atom is 0.0704 e. The number of nitrogens with one attached hydrogen (secondary N) is 1. The Balaban J connectivity index is 1.37. The summed E-state index contributed by atoms with van der Waals surface area (Å²) in [4.78, 5) is 4.61. The van der Waals surface area contributed by atoms with Crippen molar-refractivity contribution in [3.05, 3.63) is 143 Å². The molecule has 1 aliphatic heterocycles. The maximum absolute atomic E-state index is 4.61. The van der Waals surface area contributed by atoms with Crippen LogP contribution >= 0.6 is 0 Å². The van der Waals surface area contributed by atoms with Crippen molar-refractivity contribution in [1.29, 1.82) is 0 Å². The second-order valence-corrected chi connectivity index (χ2v) is 9.92. The largest absolute Gasteiger partial charge is 0.381 e. The Hall–Kier alpha value is -3.91. The van der Waals surface area contributed by atoms with Gasteiger partial charge in [0.25, 0.3) is 0 Å². The second-order valence-electron chi connectivity index (χ2n) is 9.92. The Bertz CT molecular complexity index is 1380. The number of rotatable bonds is 7. The number of aromatic nitrogens is 1. The van der Waals surface area contributed by atoms with Crippen molar-refractivity contribution in [3.8, 4) is 11.3 Å². The summed E-state index contributed by atoms with van der Waals surface area (Å²) in [7, 11) is 0. The molecule has 2 heteroatoms. The van der Waals surface area contributed by atoms with E-state index in [4.69, 9.17) is 0 Å². The molecule has 0 bridgehead atoms. The minimum atomic E-state index is 0.165. The molecule has 5 rings (SSSR count). The monoisotopic (exact) mass is 470 g/mol. The standard InChI is InChI=1S/C34H34N2/c1-24-20-25(2)22-29(21-24)28-17-19-36-34(23-28)31-12-5-4-10-27(31)16-15-26(3)30-11-6-7-13-32(30)33-14-8-9-18-35-33/h4-14,17-23,26,34,36H,15-16H2,1-3H3. The molecule has 36 heavy (non-hydrogen) atoms. The van der Waals surface area contributed by atoms with Crippen LogP contribution in [0.5, 0.6) is 0 Å². The first-order chi connectivity index (χ1) is 17.6. The summed E-state index contributed by atoms with van der Waals surface area (Å²) in [5.41, 5.74) is 11.6. The van der Waals surface area contributed by atoms with E-state index in [1.165, 1.54) is 44.5 Å². The zero-order valence-electron chi connectivity index (χ0n) is 21.4. The third kappa shape index (κ3) is 5.33. The molecule has 0 spiro atoms. The molecule has 0 amide bonds. The molecule has 2 atom stereocenters. The molecule has 0 saturated heterocycles. The van der Waals surface area contributed by atoms with E-state index in [0.29, 0.717) is 5.92 Å². The van der Waals surface area contributed by atoms with Gasteiger partial charge in [0.1, 0.15) is 0 Å². The van der Waals surface area contributed by atoms with Crippen molar-refractivity contribution < 1.29 is 0 Å². The highest BCUT2D eigenvalue weighted by Crippen LogP contribution is 2.33. The van der Waals surface area contributed by atoms with Crippen LogP contribution in [0.2, 0.25) is 0 Å². The highest BCUT2D eigenvalue weighted by atomic mass is 14.9. The van der Waals surface area contributed by atoms with E-state index in [1.54, 1.807) is 0 Å². The SMILES string of the molecule is Cc1cc(C)cc(C2=CC(c3ccccc3CCC(C)c3ccccc3-c3ccccn3)NC=C2)c1. The Morgan fingerprint density at radius 2 is 1.61 bits per heavy atom. The molecular weight excluding hydrogens is 436 g/mol. The van der Waals surface area contributed by atoms with Crippen LogP contribution in [0.25, 0.3) is 16.8 Å². The van der Waals surface area contributed by atoms with Gasteiger partial charge >= 0.3 is 0 Å². The third-order valence-electron chi connectivity index (χ3n) is 7.11. The molecular formula is C34H34N2. The first-order valence-electron chi connectivity index (χ1n) is 12.9. The first kappa shape index (κ1) is 23.8. The van der Waals surface area contributed by atoms with Gasteiger partial charge in [0.2, 0.25) is 0 Å². The fourth-order valence-electron chi connectivity index (χ4n) is 5.31. The number of dihydropyridines is 1. The fourth-order valence-corrected chi connectivity index (χ4v) is 5.31. The number of allylic oxidation sites excluding steroid dienone is 2. The minimum Gasteiger partial charge on any atom is -0.381 e. The zero-order valence-corrected chi connectivity index (χ0v) is 21.4. The van der Waals surface area contributed by atoms with Gasteiger partial charge in [-0.25, -0.2) is 0 Å². The third-order valence-corrected chi connectivity index (χ3v) is 7.11. The van der Waals surface area contributed by atoms with E-state index in [0.717, 1.165) is 18.5 Å². The van der Waals surface area contributed by atoms with Gasteiger partial charge in [-0.2, -0.15) is 0 Å². The number of pyridine rings is 1. The van der Waals surface area contributed by atoms with E-state index in [9.17, 15) is 0 Å². The maximum atomic E-state index is 4.61. The summed E-state index contributed by atoms with van der Waals surface area (Å²) in [6, 6.07) is 30.7. The Morgan fingerprint density at radius 1 is 0.861 bits per heavy atom. The average molecular weight is 471 g/mol. The first-order valence-corrected chi connectivity index (χ1v) is 12.9. The van der Waals surface area contributed by atoms with Gasteiger partial charge in [-0.1, -0.05) is 90.8 Å². The van der Waals surface area contributed by atoms with Crippen LogP contribution in [-0.4, -0.2) is 4.98 Å². The quantitative estimate of drug-likeness (QED) is 0.294. The molecule has 2 unspecified atom stereocenters. The summed E-state index contributed by atoms with van der Waals surface area (Å²) in [6.07, 6.45) is 10.6. The van der Waals surface area contributed by atoms with Crippen LogP contribution in [0.3, 0.4) is 0 Å². The van der Waals surface area contributed by atoms with Gasteiger partial charge in [-0.05, 0) is 90.9 Å². The number of nitrogens with zero attached hydrogens (tertiary/aromatic N) is 1. The summed E-state index contributed by atoms with van der Waals surface area (Å²) in [5, 5.41) is 3.59. The fraction of sp³-hybridized carbons (Fsp3) is 0.206. The molecule has 1 aliphatic rings. The number of aryl methyl sites for hydroxylation is 3. The van der Waals surface area contributed by atoms with Crippen LogP contribution in [0.15, 0.2) is 109 Å². The Kier molecular flexibility index (Phi) is 7.13. The lowest BCUT2D eigenvalue weighted by molar-refractivity contribution is 0.666. The summed E-state index contributed by atoms with van der Waals surface area (Å²) in [5.74, 6) is 0.428. The molecule has 0 fully saturated rings. The molecule has 4 aromatic rings. The molecule has 0 aliphatic carbocycles. The molecule has 180 valence electrons. The molecule has 2 nitrogen and oxygen atoms in total. The minimum absolute atomic E-state index is 0.165. The van der Waals surface area contributed by atoms with Crippen molar-refractivity contribution in [2.24, 2.45) is 0 Å². The van der Waals surface area contributed by atoms with Crippen molar-refractivity contribution in [2.75, 3.05) is 0 Å². The molecule has 0 radical (unpaired) electrons. The Morgan fingerprint density at radius 3 is 2.42 bits per heavy atom. The van der Waals surface area contributed by atoms with Gasteiger partial charge in [-0.3, -0.25) is 4.98 Å². The van der Waals surface area contributed by atoms with Crippen LogP contribution in [-0.2, 0) is 6.42 Å². The van der Waals surface area contributed by atoms with Crippen LogP contribution in [0.1, 0.15) is 58.7 Å². The highest BCUT2D eigenvalue weighted by Gasteiger charge is 2.18. The number of hydrogen-bond donors (Lipinski definition) is 1. The van der Waals surface area contributed by atoms with E-state index in [-0.39, 0.29) is 6.04 Å². The van der Waals surface area contributed by atoms with Gasteiger partial charge in [0, 0.05) is 11.8 Å². The lowest BCUT2D eigenvalue weighted by Gasteiger charge is -2.23.